The van der Waals surface area contributed by atoms with Gasteiger partial charge in [-0.05, 0) is 32.0 Å². The third-order valence-electron chi connectivity index (χ3n) is 3.18. The lowest BCUT2D eigenvalue weighted by molar-refractivity contribution is -0.131. The number of morpholine rings is 1. The zero-order chi connectivity index (χ0) is 15.8. The second-order valence-electron chi connectivity index (χ2n) is 5.56. The van der Waals surface area contributed by atoms with E-state index < -0.39 is 27.5 Å². The summed E-state index contributed by atoms with van der Waals surface area (Å²) in [6.45, 7) is 3.39. The van der Waals surface area contributed by atoms with Gasteiger partial charge in [-0.25, -0.2) is 12.8 Å². The van der Waals surface area contributed by atoms with Gasteiger partial charge >= 0.3 is 0 Å². The van der Waals surface area contributed by atoms with Gasteiger partial charge in [0.15, 0.2) is 0 Å². The second kappa shape index (κ2) is 5.81. The van der Waals surface area contributed by atoms with E-state index in [1.807, 2.05) is 0 Å². The molecule has 0 amide bonds. The van der Waals surface area contributed by atoms with Gasteiger partial charge in [0.25, 0.3) is 0 Å². The van der Waals surface area contributed by atoms with Gasteiger partial charge in [-0.15, -0.1) is 0 Å². The number of ether oxygens (including phenoxy) is 1. The molecule has 0 saturated carbocycles. The lowest BCUT2D eigenvalue weighted by Gasteiger charge is -2.41. The first-order chi connectivity index (χ1) is 9.65. The van der Waals surface area contributed by atoms with Gasteiger partial charge in [0.1, 0.15) is 5.82 Å². The lowest BCUT2D eigenvalue weighted by atomic mass is 10.1. The van der Waals surface area contributed by atoms with Crippen LogP contribution in [0.5, 0.6) is 0 Å². The number of hydrogen-bond donors (Lipinski definition) is 1. The summed E-state index contributed by atoms with van der Waals surface area (Å²) in [5.41, 5.74) is -0.720. The molecule has 8 heteroatoms. The number of sulfonamides is 1. The Kier molecular flexibility index (Phi) is 4.60. The van der Waals surface area contributed by atoms with Crippen molar-refractivity contribution in [2.24, 2.45) is 0 Å². The lowest BCUT2D eigenvalue weighted by Crippen LogP contribution is -2.55. The van der Waals surface area contributed by atoms with Crippen LogP contribution in [0.15, 0.2) is 23.1 Å². The first kappa shape index (κ1) is 16.6. The largest absolute Gasteiger partial charge is 0.394 e. The Balaban J connectivity index is 2.36. The Morgan fingerprint density at radius 1 is 1.52 bits per heavy atom. The van der Waals surface area contributed by atoms with E-state index in [1.54, 1.807) is 13.8 Å². The van der Waals surface area contributed by atoms with E-state index in [0.29, 0.717) is 0 Å². The maximum Gasteiger partial charge on any atom is 0.243 e. The molecule has 1 aliphatic rings. The molecule has 1 aromatic carbocycles. The van der Waals surface area contributed by atoms with Crippen LogP contribution in [0.4, 0.5) is 4.39 Å². The molecule has 0 aromatic heterocycles. The average molecular weight is 338 g/mol. The first-order valence-corrected chi connectivity index (χ1v) is 8.21. The molecule has 0 aliphatic carbocycles. The summed E-state index contributed by atoms with van der Waals surface area (Å²) in [6.07, 6.45) is -0.598. The van der Waals surface area contributed by atoms with Gasteiger partial charge in [-0.2, -0.15) is 4.31 Å². The standard InChI is InChI=1S/C13H17ClFNO4S/c1-13(2)8-16(6-9(7-17)20-13)21(18,19)10-3-4-12(15)11(14)5-10/h3-5,9,17H,6-8H2,1-2H3. The van der Waals surface area contributed by atoms with Crippen molar-refractivity contribution < 1.29 is 22.7 Å². The van der Waals surface area contributed by atoms with E-state index in [2.05, 4.69) is 0 Å². The molecule has 0 radical (unpaired) electrons. The van der Waals surface area contributed by atoms with Crippen molar-refractivity contribution in [3.63, 3.8) is 0 Å². The summed E-state index contributed by atoms with van der Waals surface area (Å²) in [4.78, 5) is -0.0803. The molecule has 118 valence electrons. The van der Waals surface area contributed by atoms with E-state index in [-0.39, 0.29) is 29.6 Å². The molecule has 1 unspecified atom stereocenters. The van der Waals surface area contributed by atoms with Crippen molar-refractivity contribution in [3.05, 3.63) is 29.0 Å². The molecule has 21 heavy (non-hydrogen) atoms. The normalized spacial score (nSPS) is 23.2. The summed E-state index contributed by atoms with van der Waals surface area (Å²) < 4.78 is 45.2. The zero-order valence-electron chi connectivity index (χ0n) is 11.7. The van der Waals surface area contributed by atoms with Gasteiger partial charge in [0.2, 0.25) is 10.0 Å². The molecular formula is C13H17ClFNO4S. The van der Waals surface area contributed by atoms with E-state index in [0.717, 1.165) is 12.1 Å². The van der Waals surface area contributed by atoms with Crippen molar-refractivity contribution in [3.8, 4) is 0 Å². The van der Waals surface area contributed by atoms with Crippen LogP contribution in [-0.4, -0.2) is 49.2 Å². The van der Waals surface area contributed by atoms with Gasteiger partial charge in [0, 0.05) is 13.1 Å². The highest BCUT2D eigenvalue weighted by Crippen LogP contribution is 2.28. The third-order valence-corrected chi connectivity index (χ3v) is 5.28. The van der Waals surface area contributed by atoms with Crippen molar-refractivity contribution >= 4 is 21.6 Å². The number of rotatable bonds is 3. The van der Waals surface area contributed by atoms with Crippen LogP contribution in [-0.2, 0) is 14.8 Å². The summed E-state index contributed by atoms with van der Waals surface area (Å²) in [5, 5.41) is 8.99. The molecule has 5 nitrogen and oxygen atoms in total. The molecule has 2 rings (SSSR count). The molecule has 0 spiro atoms. The topological polar surface area (TPSA) is 66.8 Å². The molecule has 1 fully saturated rings. The van der Waals surface area contributed by atoms with E-state index in [1.165, 1.54) is 10.4 Å². The van der Waals surface area contributed by atoms with Crippen molar-refractivity contribution in [1.29, 1.82) is 0 Å². The van der Waals surface area contributed by atoms with Gasteiger partial charge in [-0.3, -0.25) is 0 Å². The Morgan fingerprint density at radius 3 is 2.76 bits per heavy atom. The fraction of sp³-hybridized carbons (Fsp3) is 0.538. The van der Waals surface area contributed by atoms with Crippen molar-refractivity contribution in [2.75, 3.05) is 19.7 Å². The fourth-order valence-corrected chi connectivity index (χ4v) is 4.20. The minimum absolute atomic E-state index is 0.0389. The van der Waals surface area contributed by atoms with E-state index in [4.69, 9.17) is 16.3 Å². The monoisotopic (exact) mass is 337 g/mol. The maximum atomic E-state index is 13.2. The maximum absolute atomic E-state index is 13.2. The predicted octanol–water partition coefficient (Wildman–Crippen LogP) is 1.64. The van der Waals surface area contributed by atoms with Gasteiger partial charge in [-0.1, -0.05) is 11.6 Å². The molecule has 1 atom stereocenters. The summed E-state index contributed by atoms with van der Waals surface area (Å²) >= 11 is 5.65. The van der Waals surface area contributed by atoms with Gasteiger partial charge < -0.3 is 9.84 Å². The number of benzene rings is 1. The molecule has 1 heterocycles. The smallest absolute Gasteiger partial charge is 0.243 e. The second-order valence-corrected chi connectivity index (χ2v) is 7.90. The fourth-order valence-electron chi connectivity index (χ4n) is 2.31. The van der Waals surface area contributed by atoms with Crippen LogP contribution in [0.3, 0.4) is 0 Å². The first-order valence-electron chi connectivity index (χ1n) is 6.39. The molecule has 1 saturated heterocycles. The van der Waals surface area contributed by atoms with E-state index in [9.17, 15) is 17.9 Å². The molecule has 1 N–H and O–H groups in total. The quantitative estimate of drug-likeness (QED) is 0.910. The average Bonchev–Trinajstić information content (AvgIpc) is 2.39. The Bertz CT molecular complexity index is 635. The summed E-state index contributed by atoms with van der Waals surface area (Å²) in [7, 11) is -3.82. The molecule has 1 aromatic rings. The Labute approximate surface area is 128 Å². The van der Waals surface area contributed by atoms with Crippen LogP contribution < -0.4 is 0 Å². The number of aliphatic hydroxyl groups is 1. The highest BCUT2D eigenvalue weighted by molar-refractivity contribution is 7.89. The highest BCUT2D eigenvalue weighted by atomic mass is 35.5. The number of hydrogen-bond acceptors (Lipinski definition) is 4. The van der Waals surface area contributed by atoms with Crippen LogP contribution >= 0.6 is 11.6 Å². The number of halogens is 2. The van der Waals surface area contributed by atoms with Crippen LogP contribution in [0.2, 0.25) is 5.02 Å². The minimum Gasteiger partial charge on any atom is -0.394 e. The van der Waals surface area contributed by atoms with Crippen LogP contribution in [0.1, 0.15) is 13.8 Å². The van der Waals surface area contributed by atoms with E-state index >= 15 is 0 Å². The molecule has 0 bridgehead atoms. The highest BCUT2D eigenvalue weighted by Gasteiger charge is 2.39. The third kappa shape index (κ3) is 3.54. The Morgan fingerprint density at radius 2 is 2.19 bits per heavy atom. The zero-order valence-corrected chi connectivity index (χ0v) is 13.3. The number of nitrogens with zero attached hydrogens (tertiary/aromatic N) is 1. The number of aliphatic hydroxyl groups excluding tert-OH is 1. The SMILES string of the molecule is CC1(C)CN(S(=O)(=O)c2ccc(F)c(Cl)c2)CC(CO)O1. The Hall–Kier alpha value is -0.730. The summed E-state index contributed by atoms with van der Waals surface area (Å²) in [5.74, 6) is -0.675. The summed E-state index contributed by atoms with van der Waals surface area (Å²) in [6, 6.07) is 3.28. The molecular weight excluding hydrogens is 321 g/mol. The van der Waals surface area contributed by atoms with Gasteiger partial charge in [0.05, 0.1) is 28.2 Å². The molecule has 1 aliphatic heterocycles. The van der Waals surface area contributed by atoms with Crippen molar-refractivity contribution in [1.82, 2.24) is 4.31 Å². The van der Waals surface area contributed by atoms with Crippen molar-refractivity contribution in [2.45, 2.75) is 30.4 Å². The van der Waals surface area contributed by atoms with Crippen LogP contribution in [0, 0.1) is 5.82 Å². The van der Waals surface area contributed by atoms with Crippen LogP contribution in [0.25, 0.3) is 0 Å². The minimum atomic E-state index is -3.82. The predicted molar refractivity (Wildman–Crippen MR) is 76.2 cm³/mol.